The van der Waals surface area contributed by atoms with Gasteiger partial charge in [-0.3, -0.25) is 9.59 Å². The van der Waals surface area contributed by atoms with E-state index in [0.29, 0.717) is 18.8 Å². The zero-order chi connectivity index (χ0) is 28.4. The second-order valence-corrected chi connectivity index (χ2v) is 12.0. The Morgan fingerprint density at radius 3 is 2.38 bits per heavy atom. The third kappa shape index (κ3) is 8.52. The van der Waals surface area contributed by atoms with E-state index in [4.69, 9.17) is 14.2 Å². The molecule has 0 aliphatic carbocycles. The summed E-state index contributed by atoms with van der Waals surface area (Å²) in [5, 5.41) is 2.92. The summed E-state index contributed by atoms with van der Waals surface area (Å²) in [4.78, 5) is 25.9. The van der Waals surface area contributed by atoms with Gasteiger partial charge in [-0.25, -0.2) is 8.42 Å². The Morgan fingerprint density at radius 1 is 1.08 bits per heavy atom. The molecule has 39 heavy (non-hydrogen) atoms. The number of amides is 1. The molecule has 0 bridgehead atoms. The SMILES string of the molecule is CCCCOc1ccc(S(=O)(=O)N2C[C@@H](NC(=O)[C@H](CC(C)C)OCc3ccccc3)C[C@@H]2C(=O)OC)cc1. The van der Waals surface area contributed by atoms with Gasteiger partial charge in [0.15, 0.2) is 0 Å². The number of carbonyl (C=O) groups excluding carboxylic acids is 2. The molecule has 2 aromatic carbocycles. The monoisotopic (exact) mass is 560 g/mol. The van der Waals surface area contributed by atoms with Crippen LogP contribution in [0, 0.1) is 5.92 Å². The highest BCUT2D eigenvalue weighted by Gasteiger charge is 2.45. The van der Waals surface area contributed by atoms with Crippen LogP contribution < -0.4 is 10.1 Å². The average Bonchev–Trinajstić information content (AvgIpc) is 3.36. The van der Waals surface area contributed by atoms with Crippen LogP contribution in [0.25, 0.3) is 0 Å². The van der Waals surface area contributed by atoms with Gasteiger partial charge in [0.1, 0.15) is 17.9 Å². The van der Waals surface area contributed by atoms with Crippen LogP contribution >= 0.6 is 0 Å². The largest absolute Gasteiger partial charge is 0.494 e. The van der Waals surface area contributed by atoms with Crippen LogP contribution in [0.5, 0.6) is 5.75 Å². The van der Waals surface area contributed by atoms with Crippen molar-refractivity contribution in [3.8, 4) is 5.75 Å². The minimum Gasteiger partial charge on any atom is -0.494 e. The van der Waals surface area contributed by atoms with Gasteiger partial charge in [0, 0.05) is 12.6 Å². The van der Waals surface area contributed by atoms with Crippen LogP contribution in [0.15, 0.2) is 59.5 Å². The number of hydrogen-bond acceptors (Lipinski definition) is 7. The molecule has 214 valence electrons. The Labute approximate surface area is 231 Å². The fourth-order valence-corrected chi connectivity index (χ4v) is 6.08. The van der Waals surface area contributed by atoms with Gasteiger partial charge < -0.3 is 19.5 Å². The summed E-state index contributed by atoms with van der Waals surface area (Å²) in [5.74, 6) is -0.228. The van der Waals surface area contributed by atoms with Crippen molar-refractivity contribution in [1.29, 1.82) is 0 Å². The molecular weight excluding hydrogens is 520 g/mol. The number of carbonyl (C=O) groups is 2. The maximum atomic E-state index is 13.5. The van der Waals surface area contributed by atoms with E-state index in [2.05, 4.69) is 12.2 Å². The first-order valence-electron chi connectivity index (χ1n) is 13.4. The van der Waals surface area contributed by atoms with Crippen molar-refractivity contribution in [1.82, 2.24) is 9.62 Å². The van der Waals surface area contributed by atoms with Gasteiger partial charge in [0.2, 0.25) is 15.9 Å². The fourth-order valence-electron chi connectivity index (χ4n) is 4.45. The van der Waals surface area contributed by atoms with Gasteiger partial charge in [-0.1, -0.05) is 57.5 Å². The molecule has 1 aliphatic rings. The van der Waals surface area contributed by atoms with E-state index in [1.807, 2.05) is 44.2 Å². The van der Waals surface area contributed by atoms with Crippen LogP contribution in [-0.2, 0) is 35.7 Å². The highest BCUT2D eigenvalue weighted by Crippen LogP contribution is 2.28. The Balaban J connectivity index is 1.72. The quantitative estimate of drug-likeness (QED) is 0.275. The third-order valence-corrected chi connectivity index (χ3v) is 8.43. The van der Waals surface area contributed by atoms with E-state index in [0.717, 1.165) is 22.7 Å². The average molecular weight is 561 g/mol. The smallest absolute Gasteiger partial charge is 0.324 e. The first kappa shape index (κ1) is 30.6. The molecule has 1 aliphatic heterocycles. The minimum atomic E-state index is -4.04. The number of hydrogen-bond donors (Lipinski definition) is 1. The summed E-state index contributed by atoms with van der Waals surface area (Å²) in [6, 6.07) is 14.1. The molecule has 3 atom stereocenters. The molecule has 1 fully saturated rings. The van der Waals surface area contributed by atoms with Gasteiger partial charge >= 0.3 is 5.97 Å². The molecule has 1 saturated heterocycles. The molecule has 0 unspecified atom stereocenters. The number of nitrogens with one attached hydrogen (secondary N) is 1. The van der Waals surface area contributed by atoms with Crippen molar-refractivity contribution < 1.29 is 32.2 Å². The molecule has 1 heterocycles. The number of sulfonamides is 1. The molecule has 1 amide bonds. The van der Waals surface area contributed by atoms with Crippen molar-refractivity contribution in [2.24, 2.45) is 5.92 Å². The second-order valence-electron chi connectivity index (χ2n) is 10.1. The topological polar surface area (TPSA) is 111 Å². The van der Waals surface area contributed by atoms with Crippen molar-refractivity contribution >= 4 is 21.9 Å². The van der Waals surface area contributed by atoms with Crippen LogP contribution in [-0.4, -0.2) is 63.0 Å². The molecule has 3 rings (SSSR count). The van der Waals surface area contributed by atoms with E-state index in [9.17, 15) is 18.0 Å². The van der Waals surface area contributed by atoms with Crippen LogP contribution in [0.1, 0.15) is 52.0 Å². The number of rotatable bonds is 14. The zero-order valence-corrected chi connectivity index (χ0v) is 24.0. The fraction of sp³-hybridized carbons (Fsp3) is 0.517. The first-order chi connectivity index (χ1) is 18.6. The second kappa shape index (κ2) is 14.4. The maximum absolute atomic E-state index is 13.5. The lowest BCUT2D eigenvalue weighted by atomic mass is 10.0. The van der Waals surface area contributed by atoms with E-state index in [1.54, 1.807) is 12.1 Å². The Kier molecular flexibility index (Phi) is 11.3. The predicted molar refractivity (Wildman–Crippen MR) is 148 cm³/mol. The summed E-state index contributed by atoms with van der Waals surface area (Å²) in [6.45, 7) is 6.83. The van der Waals surface area contributed by atoms with Gasteiger partial charge in [0.05, 0.1) is 25.2 Å². The summed E-state index contributed by atoms with van der Waals surface area (Å²) < 4.78 is 44.7. The number of methoxy groups -OCH3 is 1. The molecule has 0 aromatic heterocycles. The predicted octanol–water partition coefficient (Wildman–Crippen LogP) is 3.92. The summed E-state index contributed by atoms with van der Waals surface area (Å²) in [5.41, 5.74) is 0.949. The lowest BCUT2D eigenvalue weighted by Gasteiger charge is -2.23. The maximum Gasteiger partial charge on any atom is 0.324 e. The van der Waals surface area contributed by atoms with Crippen molar-refractivity contribution in [2.75, 3.05) is 20.3 Å². The van der Waals surface area contributed by atoms with E-state index in [-0.39, 0.29) is 36.3 Å². The minimum absolute atomic E-state index is 0.0371. The van der Waals surface area contributed by atoms with E-state index >= 15 is 0 Å². The van der Waals surface area contributed by atoms with E-state index in [1.165, 1.54) is 19.2 Å². The molecular formula is C29H40N2O7S. The van der Waals surface area contributed by atoms with Crippen LogP contribution in [0.4, 0.5) is 0 Å². The lowest BCUT2D eigenvalue weighted by molar-refractivity contribution is -0.144. The standard InChI is InChI=1S/C29H40N2O7S/c1-5-6-16-37-24-12-14-25(15-13-24)39(34,35)31-19-23(18-26(31)29(33)36-4)30-28(32)27(17-21(2)3)38-20-22-10-8-7-9-11-22/h7-15,21,23,26-27H,5-6,16-20H2,1-4H3,(H,30,32)/t23-,26+,27-/m0/s1. The zero-order valence-electron chi connectivity index (χ0n) is 23.2. The van der Waals surface area contributed by atoms with Crippen molar-refractivity contribution in [3.63, 3.8) is 0 Å². The number of benzene rings is 2. The van der Waals surface area contributed by atoms with Gasteiger partial charge in [-0.05, 0) is 55.0 Å². The molecule has 2 aromatic rings. The number of unbranched alkanes of at least 4 members (excludes halogenated alkanes) is 1. The molecule has 0 radical (unpaired) electrons. The number of nitrogens with zero attached hydrogens (tertiary/aromatic N) is 1. The first-order valence-corrected chi connectivity index (χ1v) is 14.9. The van der Waals surface area contributed by atoms with Gasteiger partial charge in [-0.15, -0.1) is 0 Å². The van der Waals surface area contributed by atoms with Gasteiger partial charge in [-0.2, -0.15) is 4.31 Å². The number of ether oxygens (including phenoxy) is 3. The summed E-state index contributed by atoms with van der Waals surface area (Å²) in [6.07, 6.45) is 1.78. The summed E-state index contributed by atoms with van der Waals surface area (Å²) >= 11 is 0. The van der Waals surface area contributed by atoms with Crippen molar-refractivity contribution in [3.05, 3.63) is 60.2 Å². The molecule has 1 N–H and O–H groups in total. The third-order valence-electron chi connectivity index (χ3n) is 6.54. The Bertz CT molecular complexity index is 1170. The van der Waals surface area contributed by atoms with Crippen molar-refractivity contribution in [2.45, 2.75) is 76.1 Å². The molecule has 9 nitrogen and oxygen atoms in total. The Hall–Kier alpha value is -2.95. The highest BCUT2D eigenvalue weighted by atomic mass is 32.2. The van der Waals surface area contributed by atoms with Crippen LogP contribution in [0.2, 0.25) is 0 Å². The van der Waals surface area contributed by atoms with E-state index < -0.39 is 34.2 Å². The summed E-state index contributed by atoms with van der Waals surface area (Å²) in [7, 11) is -2.82. The highest BCUT2D eigenvalue weighted by molar-refractivity contribution is 7.89. The molecule has 10 heteroatoms. The molecule has 0 saturated carbocycles. The van der Waals surface area contributed by atoms with Crippen LogP contribution in [0.3, 0.4) is 0 Å². The van der Waals surface area contributed by atoms with Gasteiger partial charge in [0.25, 0.3) is 0 Å². The normalized spacial score (nSPS) is 18.6. The lowest BCUT2D eigenvalue weighted by Crippen LogP contribution is -2.44. The molecule has 0 spiro atoms. The Morgan fingerprint density at radius 2 is 1.77 bits per heavy atom. The number of esters is 1.